The summed E-state index contributed by atoms with van der Waals surface area (Å²) in [6.45, 7) is 0.000197. The fraction of sp³-hybridized carbons (Fsp3) is 0.192. The Hall–Kier alpha value is -4.73. The zero-order valence-corrected chi connectivity index (χ0v) is 19.1. The molecule has 0 bridgehead atoms. The van der Waals surface area contributed by atoms with Crippen LogP contribution in [0.2, 0.25) is 0 Å². The summed E-state index contributed by atoms with van der Waals surface area (Å²) in [4.78, 5) is 37.9. The molecule has 2 aromatic carbocycles. The number of nitrogens with one attached hydrogen (secondary N) is 1. The number of amides is 1. The van der Waals surface area contributed by atoms with Gasteiger partial charge in [0, 0.05) is 29.5 Å². The fourth-order valence-electron chi connectivity index (χ4n) is 4.07. The summed E-state index contributed by atoms with van der Waals surface area (Å²) in [6, 6.07) is 12.7. The number of rotatable bonds is 7. The molecule has 0 radical (unpaired) electrons. The summed E-state index contributed by atoms with van der Waals surface area (Å²) in [5, 5.41) is 13.8. The molecule has 1 aliphatic rings. The molecule has 2 aromatic heterocycles. The molecule has 3 heterocycles. The number of hydrogen-bond donors (Lipinski definition) is 2. The van der Waals surface area contributed by atoms with Gasteiger partial charge in [-0.2, -0.15) is 0 Å². The Kier molecular flexibility index (Phi) is 6.07. The summed E-state index contributed by atoms with van der Waals surface area (Å²) in [7, 11) is 1.24. The Morgan fingerprint density at radius 1 is 1.08 bits per heavy atom. The molecule has 4 aromatic rings. The average molecular weight is 491 g/mol. The van der Waals surface area contributed by atoms with E-state index in [0.717, 1.165) is 0 Å². The summed E-state index contributed by atoms with van der Waals surface area (Å²) in [5.41, 5.74) is 0.594. The summed E-state index contributed by atoms with van der Waals surface area (Å²) < 4.78 is 26.4. The van der Waals surface area contributed by atoms with E-state index in [0.29, 0.717) is 33.8 Å². The van der Waals surface area contributed by atoms with E-state index in [4.69, 9.17) is 18.3 Å². The maximum absolute atomic E-state index is 13.4. The molecule has 36 heavy (non-hydrogen) atoms. The number of carbonyl (C=O) groups excluding carboxylic acids is 2. The maximum Gasteiger partial charge on any atom is 0.373 e. The number of aromatic hydroxyl groups is 1. The van der Waals surface area contributed by atoms with Gasteiger partial charge < -0.3 is 33.5 Å². The number of methoxy groups -OCH3 is 1. The SMILES string of the molecule is COC(=O)c1ccc(CNC(=O)C[C@@H](c2cc3c(cc2O)OCO3)c2coc3ccccc3c2=O)o1. The van der Waals surface area contributed by atoms with Gasteiger partial charge in [0.05, 0.1) is 25.3 Å². The number of esters is 1. The Labute approximate surface area is 204 Å². The molecule has 184 valence electrons. The number of furan rings is 1. The van der Waals surface area contributed by atoms with Crippen molar-refractivity contribution in [3.63, 3.8) is 0 Å². The van der Waals surface area contributed by atoms with Crippen LogP contribution in [0.15, 0.2) is 68.4 Å². The highest BCUT2D eigenvalue weighted by Crippen LogP contribution is 2.42. The molecule has 1 aliphatic heterocycles. The van der Waals surface area contributed by atoms with Crippen LogP contribution in [0.25, 0.3) is 11.0 Å². The standard InChI is InChI=1S/C26H21NO9/c1-32-26(31)21-7-6-14(36-21)11-27-24(29)9-16(17-8-22-23(10-19(17)28)35-13-34-22)18-12-33-20-5-3-2-4-15(20)25(18)30/h2-8,10,12,16,28H,9,11,13H2,1H3,(H,27,29)/t16-/m0/s1. The third-order valence-corrected chi connectivity index (χ3v) is 5.88. The van der Waals surface area contributed by atoms with Crippen molar-refractivity contribution in [1.82, 2.24) is 5.32 Å². The van der Waals surface area contributed by atoms with Crippen molar-refractivity contribution in [2.24, 2.45) is 0 Å². The van der Waals surface area contributed by atoms with Crippen LogP contribution >= 0.6 is 0 Å². The molecule has 10 nitrogen and oxygen atoms in total. The first-order valence-corrected chi connectivity index (χ1v) is 11.0. The van der Waals surface area contributed by atoms with Gasteiger partial charge in [-0.3, -0.25) is 9.59 Å². The van der Waals surface area contributed by atoms with E-state index in [9.17, 15) is 19.5 Å². The van der Waals surface area contributed by atoms with Crippen molar-refractivity contribution in [2.75, 3.05) is 13.9 Å². The first-order chi connectivity index (χ1) is 17.4. The number of carbonyl (C=O) groups is 2. The average Bonchev–Trinajstić information content (AvgIpc) is 3.55. The number of para-hydroxylation sites is 1. The highest BCUT2D eigenvalue weighted by atomic mass is 16.7. The van der Waals surface area contributed by atoms with Crippen LogP contribution in [-0.2, 0) is 16.1 Å². The molecule has 0 unspecified atom stereocenters. The molecular formula is C26H21NO9. The van der Waals surface area contributed by atoms with Crippen LogP contribution in [-0.4, -0.2) is 30.9 Å². The van der Waals surface area contributed by atoms with Crippen LogP contribution in [0.3, 0.4) is 0 Å². The minimum absolute atomic E-state index is 0.00178. The third kappa shape index (κ3) is 4.36. The number of phenols is 1. The predicted octanol–water partition coefficient (Wildman–Crippen LogP) is 3.45. The van der Waals surface area contributed by atoms with Crippen molar-refractivity contribution in [3.8, 4) is 17.2 Å². The summed E-state index contributed by atoms with van der Waals surface area (Å²) in [5.74, 6) is -0.959. The molecule has 0 saturated heterocycles. The lowest BCUT2D eigenvalue weighted by Gasteiger charge is -2.19. The van der Waals surface area contributed by atoms with E-state index in [-0.39, 0.29) is 42.3 Å². The smallest absolute Gasteiger partial charge is 0.373 e. The van der Waals surface area contributed by atoms with Crippen molar-refractivity contribution in [3.05, 3.63) is 87.7 Å². The first-order valence-electron chi connectivity index (χ1n) is 11.0. The van der Waals surface area contributed by atoms with Gasteiger partial charge in [0.25, 0.3) is 0 Å². The predicted molar refractivity (Wildman–Crippen MR) is 125 cm³/mol. The fourth-order valence-corrected chi connectivity index (χ4v) is 4.07. The van der Waals surface area contributed by atoms with Crippen molar-refractivity contribution in [2.45, 2.75) is 18.9 Å². The van der Waals surface area contributed by atoms with Gasteiger partial charge in [0.1, 0.15) is 17.1 Å². The normalized spacial score (nSPS) is 12.9. The molecule has 1 atom stereocenters. The molecule has 0 fully saturated rings. The molecule has 0 spiro atoms. The molecular weight excluding hydrogens is 470 g/mol. The summed E-state index contributed by atoms with van der Waals surface area (Å²) in [6.07, 6.45) is 1.11. The van der Waals surface area contributed by atoms with E-state index >= 15 is 0 Å². The number of ether oxygens (including phenoxy) is 3. The van der Waals surface area contributed by atoms with E-state index in [1.54, 1.807) is 36.4 Å². The van der Waals surface area contributed by atoms with E-state index in [1.807, 2.05) is 0 Å². The van der Waals surface area contributed by atoms with Gasteiger partial charge in [-0.1, -0.05) is 12.1 Å². The van der Waals surface area contributed by atoms with E-state index in [2.05, 4.69) is 10.1 Å². The number of phenolic OH excluding ortho intramolecular Hbond substituents is 1. The zero-order valence-electron chi connectivity index (χ0n) is 19.1. The molecule has 0 aliphatic carbocycles. The minimum atomic E-state index is -0.859. The van der Waals surface area contributed by atoms with Crippen molar-refractivity contribution in [1.29, 1.82) is 0 Å². The van der Waals surface area contributed by atoms with Gasteiger partial charge >= 0.3 is 5.97 Å². The minimum Gasteiger partial charge on any atom is -0.508 e. The van der Waals surface area contributed by atoms with Gasteiger partial charge in [0.15, 0.2) is 16.9 Å². The van der Waals surface area contributed by atoms with Crippen LogP contribution in [0, 0.1) is 0 Å². The molecule has 10 heteroatoms. The molecule has 1 amide bonds. The Morgan fingerprint density at radius 3 is 2.67 bits per heavy atom. The second-order valence-electron chi connectivity index (χ2n) is 8.07. The number of fused-ring (bicyclic) bond motifs is 2. The largest absolute Gasteiger partial charge is 0.508 e. The van der Waals surface area contributed by atoms with Gasteiger partial charge in [-0.15, -0.1) is 0 Å². The second-order valence-corrected chi connectivity index (χ2v) is 8.07. The Balaban J connectivity index is 1.46. The van der Waals surface area contributed by atoms with Crippen LogP contribution in [0.1, 0.15) is 39.8 Å². The monoisotopic (exact) mass is 491 g/mol. The lowest BCUT2D eigenvalue weighted by molar-refractivity contribution is -0.121. The quantitative estimate of drug-likeness (QED) is 0.372. The molecule has 5 rings (SSSR count). The summed E-state index contributed by atoms with van der Waals surface area (Å²) >= 11 is 0. The number of hydrogen-bond acceptors (Lipinski definition) is 9. The van der Waals surface area contributed by atoms with Crippen LogP contribution in [0.5, 0.6) is 17.2 Å². The van der Waals surface area contributed by atoms with Gasteiger partial charge in [0.2, 0.25) is 18.5 Å². The third-order valence-electron chi connectivity index (χ3n) is 5.88. The Bertz CT molecular complexity index is 1520. The van der Waals surface area contributed by atoms with Crippen LogP contribution < -0.4 is 20.2 Å². The number of benzene rings is 2. The van der Waals surface area contributed by atoms with E-state index in [1.165, 1.54) is 25.5 Å². The van der Waals surface area contributed by atoms with E-state index < -0.39 is 17.8 Å². The van der Waals surface area contributed by atoms with Crippen molar-refractivity contribution < 1.29 is 37.7 Å². The Morgan fingerprint density at radius 2 is 1.86 bits per heavy atom. The zero-order chi connectivity index (χ0) is 25.2. The highest BCUT2D eigenvalue weighted by Gasteiger charge is 2.28. The van der Waals surface area contributed by atoms with Crippen molar-refractivity contribution >= 4 is 22.8 Å². The lowest BCUT2D eigenvalue weighted by atomic mass is 9.87. The van der Waals surface area contributed by atoms with Gasteiger partial charge in [-0.25, -0.2) is 4.79 Å². The first kappa shape index (κ1) is 23.0. The van der Waals surface area contributed by atoms with Crippen LogP contribution in [0.4, 0.5) is 0 Å². The lowest BCUT2D eigenvalue weighted by Crippen LogP contribution is -2.26. The maximum atomic E-state index is 13.4. The van der Waals surface area contributed by atoms with Gasteiger partial charge in [-0.05, 0) is 30.3 Å². The second kappa shape index (κ2) is 9.49. The molecule has 0 saturated carbocycles. The molecule has 2 N–H and O–H groups in total. The topological polar surface area (TPSA) is 137 Å². The highest BCUT2D eigenvalue weighted by molar-refractivity contribution is 5.86.